The molecule has 2 saturated heterocycles. The summed E-state index contributed by atoms with van der Waals surface area (Å²) in [6.07, 6.45) is 4.10. The lowest BCUT2D eigenvalue weighted by molar-refractivity contribution is -0.0595. The first-order valence-electron chi connectivity index (χ1n) is 8.42. The summed E-state index contributed by atoms with van der Waals surface area (Å²) in [7, 11) is 0. The Bertz CT molecular complexity index is 656. The zero-order valence-corrected chi connectivity index (χ0v) is 14.7. The molecule has 2 bridgehead atoms. The Balaban J connectivity index is 1.54. The van der Waals surface area contributed by atoms with Gasteiger partial charge in [0.2, 0.25) is 0 Å². The highest BCUT2D eigenvalue weighted by atomic mass is 79.9. The highest BCUT2D eigenvalue weighted by Gasteiger charge is 2.47. The summed E-state index contributed by atoms with van der Waals surface area (Å²) in [5, 5.41) is 11.3. The zero-order chi connectivity index (χ0) is 15.9. The fraction of sp³-hybridized carbons (Fsp3) is 0.400. The molecule has 2 aromatic carbocycles. The first kappa shape index (κ1) is 15.4. The minimum atomic E-state index is -0.667. The molecule has 0 spiro atoms. The number of benzene rings is 2. The average Bonchev–Trinajstić information content (AvgIpc) is 2.80. The lowest BCUT2D eigenvalue weighted by atomic mass is 9.80. The Kier molecular flexibility index (Phi) is 4.04. The van der Waals surface area contributed by atoms with Crippen LogP contribution in [0, 0.1) is 0 Å². The Morgan fingerprint density at radius 1 is 0.957 bits per heavy atom. The molecule has 2 atom stereocenters. The molecule has 1 N–H and O–H groups in total. The van der Waals surface area contributed by atoms with E-state index in [1.807, 2.05) is 12.1 Å². The lowest BCUT2D eigenvalue weighted by Gasteiger charge is -2.44. The summed E-state index contributed by atoms with van der Waals surface area (Å²) >= 11 is 3.48. The van der Waals surface area contributed by atoms with Crippen molar-refractivity contribution in [2.75, 3.05) is 0 Å². The van der Waals surface area contributed by atoms with Crippen molar-refractivity contribution in [2.24, 2.45) is 0 Å². The van der Waals surface area contributed by atoms with E-state index in [-0.39, 0.29) is 0 Å². The Morgan fingerprint density at radius 2 is 1.57 bits per heavy atom. The zero-order valence-electron chi connectivity index (χ0n) is 13.2. The van der Waals surface area contributed by atoms with E-state index < -0.39 is 5.60 Å². The largest absolute Gasteiger partial charge is 0.385 e. The van der Waals surface area contributed by atoms with Crippen molar-refractivity contribution >= 4 is 15.9 Å². The van der Waals surface area contributed by atoms with Crippen molar-refractivity contribution in [3.05, 3.63) is 70.2 Å². The van der Waals surface area contributed by atoms with Gasteiger partial charge < -0.3 is 5.11 Å². The van der Waals surface area contributed by atoms with E-state index in [9.17, 15) is 5.11 Å². The number of halogens is 1. The summed E-state index contributed by atoms with van der Waals surface area (Å²) in [5.41, 5.74) is 1.77. The van der Waals surface area contributed by atoms with Gasteiger partial charge in [0.1, 0.15) is 0 Å². The second-order valence-electron chi connectivity index (χ2n) is 6.99. The maximum atomic E-state index is 11.3. The van der Waals surface area contributed by atoms with Crippen molar-refractivity contribution in [1.82, 2.24) is 4.90 Å². The van der Waals surface area contributed by atoms with Crippen LogP contribution in [0.1, 0.15) is 36.8 Å². The summed E-state index contributed by atoms with van der Waals surface area (Å²) in [5.74, 6) is 0. The van der Waals surface area contributed by atoms with Gasteiger partial charge in [0.25, 0.3) is 0 Å². The molecular formula is C20H22BrNO. The molecule has 2 nitrogen and oxygen atoms in total. The molecule has 0 amide bonds. The number of fused-ring (bicyclic) bond motifs is 2. The van der Waals surface area contributed by atoms with E-state index >= 15 is 0 Å². The van der Waals surface area contributed by atoms with E-state index in [4.69, 9.17) is 0 Å². The molecular weight excluding hydrogens is 350 g/mol. The van der Waals surface area contributed by atoms with Crippen LogP contribution in [0.3, 0.4) is 0 Å². The van der Waals surface area contributed by atoms with Crippen LogP contribution in [-0.4, -0.2) is 22.1 Å². The minimum Gasteiger partial charge on any atom is -0.385 e. The number of rotatable bonds is 3. The summed E-state index contributed by atoms with van der Waals surface area (Å²) in [6, 6.07) is 19.9. The summed E-state index contributed by atoms with van der Waals surface area (Å²) in [6.45, 7) is 1.01. The third kappa shape index (κ3) is 2.98. The minimum absolute atomic E-state index is 0.489. The van der Waals surface area contributed by atoms with Gasteiger partial charge in [0, 0.05) is 23.1 Å². The molecule has 0 aromatic heterocycles. The summed E-state index contributed by atoms with van der Waals surface area (Å²) < 4.78 is 1.06. The predicted molar refractivity (Wildman–Crippen MR) is 96.1 cm³/mol. The lowest BCUT2D eigenvalue weighted by Crippen LogP contribution is -2.49. The van der Waals surface area contributed by atoms with E-state index in [2.05, 4.69) is 63.3 Å². The normalized spacial score (nSPS) is 30.5. The van der Waals surface area contributed by atoms with Gasteiger partial charge in [-0.3, -0.25) is 4.90 Å². The molecule has 2 unspecified atom stereocenters. The smallest absolute Gasteiger partial charge is 0.0926 e. The molecule has 0 saturated carbocycles. The third-order valence-corrected chi connectivity index (χ3v) is 6.04. The van der Waals surface area contributed by atoms with Crippen molar-refractivity contribution < 1.29 is 5.11 Å². The van der Waals surface area contributed by atoms with Crippen molar-refractivity contribution in [3.63, 3.8) is 0 Å². The molecule has 2 aromatic rings. The number of nitrogens with zero attached hydrogens (tertiary/aromatic N) is 1. The quantitative estimate of drug-likeness (QED) is 0.860. The number of hydrogen-bond donors (Lipinski definition) is 1. The molecule has 2 aliphatic rings. The van der Waals surface area contributed by atoms with E-state index in [0.29, 0.717) is 12.1 Å². The Labute approximate surface area is 146 Å². The maximum absolute atomic E-state index is 11.3. The van der Waals surface area contributed by atoms with Crippen LogP contribution in [-0.2, 0) is 12.1 Å². The first-order chi connectivity index (χ1) is 11.1. The van der Waals surface area contributed by atoms with Gasteiger partial charge in [0.05, 0.1) is 5.60 Å². The average molecular weight is 372 g/mol. The van der Waals surface area contributed by atoms with Crippen LogP contribution in [0.5, 0.6) is 0 Å². The van der Waals surface area contributed by atoms with Crippen LogP contribution >= 0.6 is 15.9 Å². The van der Waals surface area contributed by atoms with Gasteiger partial charge in [-0.2, -0.15) is 0 Å². The molecule has 2 heterocycles. The standard InChI is InChI=1S/C20H22BrNO/c21-17-8-6-16(7-9-17)20(23)12-18-10-11-19(13-20)22(18)14-15-4-2-1-3-5-15/h1-9,18-19,23H,10-14H2. The van der Waals surface area contributed by atoms with Crippen LogP contribution in [0.15, 0.2) is 59.1 Å². The highest BCUT2D eigenvalue weighted by Crippen LogP contribution is 2.46. The van der Waals surface area contributed by atoms with Crippen LogP contribution < -0.4 is 0 Å². The maximum Gasteiger partial charge on any atom is 0.0926 e. The first-order valence-corrected chi connectivity index (χ1v) is 9.21. The molecule has 4 rings (SSSR count). The van der Waals surface area contributed by atoms with E-state index in [1.165, 1.54) is 18.4 Å². The third-order valence-electron chi connectivity index (χ3n) is 5.51. The van der Waals surface area contributed by atoms with E-state index in [0.717, 1.165) is 29.4 Å². The highest BCUT2D eigenvalue weighted by molar-refractivity contribution is 9.10. The molecule has 120 valence electrons. The molecule has 0 radical (unpaired) electrons. The molecule has 3 heteroatoms. The SMILES string of the molecule is OC1(c2ccc(Br)cc2)CC2CCC(C1)N2Cc1ccccc1. The van der Waals surface area contributed by atoms with Gasteiger partial charge in [-0.15, -0.1) is 0 Å². The van der Waals surface area contributed by atoms with Crippen LogP contribution in [0.2, 0.25) is 0 Å². The van der Waals surface area contributed by atoms with Gasteiger partial charge in [-0.05, 0) is 48.9 Å². The topological polar surface area (TPSA) is 23.5 Å². The van der Waals surface area contributed by atoms with Gasteiger partial charge in [0.15, 0.2) is 0 Å². The number of hydrogen-bond acceptors (Lipinski definition) is 2. The van der Waals surface area contributed by atoms with Crippen molar-refractivity contribution in [2.45, 2.75) is 49.9 Å². The van der Waals surface area contributed by atoms with Crippen molar-refractivity contribution in [1.29, 1.82) is 0 Å². The monoisotopic (exact) mass is 371 g/mol. The molecule has 2 fully saturated rings. The van der Waals surface area contributed by atoms with Crippen LogP contribution in [0.4, 0.5) is 0 Å². The molecule has 23 heavy (non-hydrogen) atoms. The van der Waals surface area contributed by atoms with E-state index in [1.54, 1.807) is 0 Å². The molecule has 0 aliphatic carbocycles. The second kappa shape index (κ2) is 6.04. The van der Waals surface area contributed by atoms with Crippen LogP contribution in [0.25, 0.3) is 0 Å². The van der Waals surface area contributed by atoms with Gasteiger partial charge in [-0.25, -0.2) is 0 Å². The fourth-order valence-corrected chi connectivity index (χ4v) is 4.63. The Morgan fingerprint density at radius 3 is 2.17 bits per heavy atom. The Hall–Kier alpha value is -1.16. The number of aliphatic hydroxyl groups is 1. The van der Waals surface area contributed by atoms with Crippen molar-refractivity contribution in [3.8, 4) is 0 Å². The van der Waals surface area contributed by atoms with Gasteiger partial charge in [-0.1, -0.05) is 58.4 Å². The van der Waals surface area contributed by atoms with Gasteiger partial charge >= 0.3 is 0 Å². The predicted octanol–water partition coefficient (Wildman–Crippen LogP) is 4.46. The number of piperidine rings is 1. The molecule has 2 aliphatic heterocycles. The second-order valence-corrected chi connectivity index (χ2v) is 7.91. The fourth-order valence-electron chi connectivity index (χ4n) is 4.36. The summed E-state index contributed by atoms with van der Waals surface area (Å²) in [4.78, 5) is 2.61.